The molecule has 0 aliphatic rings. The Labute approximate surface area is 122 Å². The van der Waals surface area contributed by atoms with E-state index in [1.54, 1.807) is 0 Å². The lowest BCUT2D eigenvalue weighted by atomic mass is 10.1. The van der Waals surface area contributed by atoms with E-state index in [4.69, 9.17) is 4.74 Å². The summed E-state index contributed by atoms with van der Waals surface area (Å²) in [5.41, 5.74) is 3.70. The van der Waals surface area contributed by atoms with E-state index in [2.05, 4.69) is 51.6 Å². The Morgan fingerprint density at radius 2 is 1.47 bits per heavy atom. The fourth-order valence-corrected chi connectivity index (χ4v) is 2.35. The lowest BCUT2D eigenvalue weighted by Crippen LogP contribution is -2.08. The molecule has 0 radical (unpaired) electrons. The van der Waals surface area contributed by atoms with E-state index < -0.39 is 0 Å². The van der Waals surface area contributed by atoms with Crippen LogP contribution < -0.4 is 5.32 Å². The van der Waals surface area contributed by atoms with Crippen molar-refractivity contribution in [2.75, 3.05) is 7.05 Å². The normalized spacial score (nSPS) is 10.6. The molecule has 0 amide bonds. The van der Waals surface area contributed by atoms with Gasteiger partial charge in [-0.25, -0.2) is 0 Å². The maximum absolute atomic E-state index is 5.82. The van der Waals surface area contributed by atoms with Crippen LogP contribution in [0.15, 0.2) is 53.0 Å². The molecular weight excluding hydrogens is 302 g/mol. The van der Waals surface area contributed by atoms with E-state index in [0.717, 1.165) is 11.0 Å². The van der Waals surface area contributed by atoms with Gasteiger partial charge in [0.2, 0.25) is 0 Å². The molecular formula is C16H18BrNO. The minimum atomic E-state index is 0.620. The Morgan fingerprint density at radius 1 is 0.895 bits per heavy atom. The monoisotopic (exact) mass is 319 g/mol. The summed E-state index contributed by atoms with van der Waals surface area (Å²) in [5, 5.41) is 3.18. The Balaban J connectivity index is 1.94. The maximum Gasteiger partial charge on any atom is 0.0732 e. The van der Waals surface area contributed by atoms with Crippen LogP contribution >= 0.6 is 15.9 Å². The molecule has 0 saturated carbocycles. The predicted octanol–water partition coefficient (Wildman–Crippen LogP) is 3.89. The third kappa shape index (κ3) is 4.16. The molecule has 0 fully saturated rings. The number of halogens is 1. The smallest absolute Gasteiger partial charge is 0.0732 e. The minimum absolute atomic E-state index is 0.620. The highest BCUT2D eigenvalue weighted by molar-refractivity contribution is 9.10. The molecule has 0 aromatic heterocycles. The van der Waals surface area contributed by atoms with Crippen molar-refractivity contribution in [3.63, 3.8) is 0 Å². The van der Waals surface area contributed by atoms with Crippen LogP contribution in [0.1, 0.15) is 16.7 Å². The van der Waals surface area contributed by atoms with Crippen molar-refractivity contribution >= 4 is 15.9 Å². The molecule has 3 heteroatoms. The lowest BCUT2D eigenvalue weighted by molar-refractivity contribution is 0.106. The highest BCUT2D eigenvalue weighted by Crippen LogP contribution is 2.18. The Bertz CT molecular complexity index is 528. The molecule has 1 N–H and O–H groups in total. The molecule has 2 aromatic rings. The number of hydrogen-bond donors (Lipinski definition) is 1. The van der Waals surface area contributed by atoms with Crippen molar-refractivity contribution in [3.05, 3.63) is 69.7 Å². The standard InChI is InChI=1S/C16H18BrNO/c1-18-10-13-6-2-3-7-14(13)11-19-12-15-8-4-5-9-16(15)17/h2-9,18H,10-12H2,1H3. The summed E-state index contributed by atoms with van der Waals surface area (Å²) in [6.07, 6.45) is 0. The molecule has 19 heavy (non-hydrogen) atoms. The zero-order valence-electron chi connectivity index (χ0n) is 11.0. The Kier molecular flexibility index (Phi) is 5.58. The third-order valence-electron chi connectivity index (χ3n) is 2.96. The summed E-state index contributed by atoms with van der Waals surface area (Å²) < 4.78 is 6.91. The average Bonchev–Trinajstić information content (AvgIpc) is 2.43. The zero-order chi connectivity index (χ0) is 13.5. The number of rotatable bonds is 6. The van der Waals surface area contributed by atoms with Crippen LogP contribution in [0, 0.1) is 0 Å². The Morgan fingerprint density at radius 3 is 2.16 bits per heavy atom. The average molecular weight is 320 g/mol. The summed E-state index contributed by atoms with van der Waals surface area (Å²) in [4.78, 5) is 0. The van der Waals surface area contributed by atoms with Gasteiger partial charge in [-0.05, 0) is 29.8 Å². The topological polar surface area (TPSA) is 21.3 Å². The fourth-order valence-electron chi connectivity index (χ4n) is 1.95. The van der Waals surface area contributed by atoms with Crippen molar-refractivity contribution in [1.29, 1.82) is 0 Å². The van der Waals surface area contributed by atoms with E-state index in [0.29, 0.717) is 13.2 Å². The fraction of sp³-hybridized carbons (Fsp3) is 0.250. The lowest BCUT2D eigenvalue weighted by Gasteiger charge is -2.10. The third-order valence-corrected chi connectivity index (χ3v) is 3.73. The summed E-state index contributed by atoms with van der Waals surface area (Å²) in [5.74, 6) is 0. The van der Waals surface area contributed by atoms with Crippen molar-refractivity contribution in [2.24, 2.45) is 0 Å². The zero-order valence-corrected chi connectivity index (χ0v) is 12.6. The van der Waals surface area contributed by atoms with E-state index in [9.17, 15) is 0 Å². The minimum Gasteiger partial charge on any atom is -0.372 e. The van der Waals surface area contributed by atoms with Gasteiger partial charge in [0.05, 0.1) is 13.2 Å². The molecule has 0 aliphatic heterocycles. The highest BCUT2D eigenvalue weighted by atomic mass is 79.9. The van der Waals surface area contributed by atoms with E-state index >= 15 is 0 Å². The van der Waals surface area contributed by atoms with Crippen LogP contribution in [0.25, 0.3) is 0 Å². The maximum atomic E-state index is 5.82. The van der Waals surface area contributed by atoms with Gasteiger partial charge in [0.25, 0.3) is 0 Å². The first-order valence-electron chi connectivity index (χ1n) is 6.34. The SMILES string of the molecule is CNCc1ccccc1COCc1ccccc1Br. The second kappa shape index (κ2) is 7.43. The second-order valence-corrected chi connectivity index (χ2v) is 5.24. The molecule has 0 atom stereocenters. The summed E-state index contributed by atoms with van der Waals surface area (Å²) in [7, 11) is 1.96. The van der Waals surface area contributed by atoms with Gasteiger partial charge >= 0.3 is 0 Å². The molecule has 2 rings (SSSR count). The van der Waals surface area contributed by atoms with Crippen LogP contribution in [-0.4, -0.2) is 7.05 Å². The van der Waals surface area contributed by atoms with Gasteiger partial charge in [0.15, 0.2) is 0 Å². The quantitative estimate of drug-likeness (QED) is 0.872. The van der Waals surface area contributed by atoms with Crippen LogP contribution in [0.2, 0.25) is 0 Å². The molecule has 0 unspecified atom stereocenters. The van der Waals surface area contributed by atoms with Gasteiger partial charge in [0, 0.05) is 11.0 Å². The van der Waals surface area contributed by atoms with Gasteiger partial charge < -0.3 is 10.1 Å². The van der Waals surface area contributed by atoms with Crippen LogP contribution in [-0.2, 0) is 24.5 Å². The molecule has 2 aromatic carbocycles. The van der Waals surface area contributed by atoms with Crippen LogP contribution in [0.3, 0.4) is 0 Å². The van der Waals surface area contributed by atoms with Crippen molar-refractivity contribution < 1.29 is 4.74 Å². The number of benzene rings is 2. The molecule has 0 aliphatic carbocycles. The molecule has 0 heterocycles. The number of nitrogens with one attached hydrogen (secondary N) is 1. The first kappa shape index (κ1) is 14.3. The first-order chi connectivity index (χ1) is 9.31. The van der Waals surface area contributed by atoms with Crippen molar-refractivity contribution in [3.8, 4) is 0 Å². The number of ether oxygens (including phenoxy) is 1. The first-order valence-corrected chi connectivity index (χ1v) is 7.13. The summed E-state index contributed by atoms with van der Waals surface area (Å²) in [6, 6.07) is 16.5. The van der Waals surface area contributed by atoms with Crippen molar-refractivity contribution in [1.82, 2.24) is 5.32 Å². The Hall–Kier alpha value is -1.16. The van der Waals surface area contributed by atoms with E-state index in [1.807, 2.05) is 25.2 Å². The van der Waals surface area contributed by atoms with Gasteiger partial charge in [-0.1, -0.05) is 58.4 Å². The largest absolute Gasteiger partial charge is 0.372 e. The van der Waals surface area contributed by atoms with Crippen molar-refractivity contribution in [2.45, 2.75) is 19.8 Å². The number of hydrogen-bond acceptors (Lipinski definition) is 2. The highest BCUT2D eigenvalue weighted by Gasteiger charge is 2.02. The van der Waals surface area contributed by atoms with Crippen LogP contribution in [0.4, 0.5) is 0 Å². The molecule has 0 saturated heterocycles. The molecule has 100 valence electrons. The van der Waals surface area contributed by atoms with E-state index in [1.165, 1.54) is 16.7 Å². The molecule has 0 bridgehead atoms. The van der Waals surface area contributed by atoms with E-state index in [-0.39, 0.29) is 0 Å². The summed E-state index contributed by atoms with van der Waals surface area (Å²) >= 11 is 3.53. The second-order valence-electron chi connectivity index (χ2n) is 4.38. The van der Waals surface area contributed by atoms with Gasteiger partial charge in [-0.15, -0.1) is 0 Å². The van der Waals surface area contributed by atoms with Gasteiger partial charge in [-0.2, -0.15) is 0 Å². The summed E-state index contributed by atoms with van der Waals surface area (Å²) in [6.45, 7) is 2.13. The van der Waals surface area contributed by atoms with Crippen LogP contribution in [0.5, 0.6) is 0 Å². The van der Waals surface area contributed by atoms with Gasteiger partial charge in [-0.3, -0.25) is 0 Å². The molecule has 2 nitrogen and oxygen atoms in total. The molecule has 0 spiro atoms. The predicted molar refractivity (Wildman–Crippen MR) is 81.8 cm³/mol. The van der Waals surface area contributed by atoms with Gasteiger partial charge in [0.1, 0.15) is 0 Å².